The Morgan fingerprint density at radius 3 is 2.56 bits per heavy atom. The highest BCUT2D eigenvalue weighted by Crippen LogP contribution is 2.16. The van der Waals surface area contributed by atoms with Crippen molar-refractivity contribution in [2.75, 3.05) is 7.05 Å². The summed E-state index contributed by atoms with van der Waals surface area (Å²) in [5.41, 5.74) is 4.56. The lowest BCUT2D eigenvalue weighted by molar-refractivity contribution is 0.248. The van der Waals surface area contributed by atoms with Gasteiger partial charge in [-0.3, -0.25) is 5.01 Å². The normalized spacial score (nSPS) is 24.6. The molecular weight excluding hydrogens is 218 g/mol. The van der Waals surface area contributed by atoms with Gasteiger partial charge in [0.2, 0.25) is 0 Å². The average Bonchev–Trinajstić information content (AvgIpc) is 2.53. The number of nitrogens with zero attached hydrogens (tertiary/aromatic N) is 1. The minimum atomic E-state index is -0.123. The largest absolute Gasteiger partial charge is 0.342 e. The van der Waals surface area contributed by atoms with E-state index in [9.17, 15) is 0 Å². The second-order valence-corrected chi connectivity index (χ2v) is 4.81. The summed E-state index contributed by atoms with van der Waals surface area (Å²) in [5, 5.41) is 5.92. The van der Waals surface area contributed by atoms with Gasteiger partial charge in [0.1, 0.15) is 5.66 Å². The van der Waals surface area contributed by atoms with Gasteiger partial charge in [0.15, 0.2) is 5.11 Å². The van der Waals surface area contributed by atoms with Crippen LogP contribution in [0.1, 0.15) is 18.9 Å². The van der Waals surface area contributed by atoms with E-state index in [4.69, 9.17) is 12.2 Å². The lowest BCUT2D eigenvalue weighted by Crippen LogP contribution is -2.48. The van der Waals surface area contributed by atoms with E-state index in [2.05, 4.69) is 41.9 Å². The molecule has 86 valence electrons. The summed E-state index contributed by atoms with van der Waals surface area (Å²) < 4.78 is 0. The molecule has 2 rings (SSSR count). The standard InChI is InChI=1S/C12H17N3S/c1-12(13-11(16)15(2)14-12)9-8-10-6-4-3-5-7-10/h3-7,14H,8-9H2,1-2H3,(H,13,16)/t12-/m1/s1. The third kappa shape index (κ3) is 2.51. The molecule has 1 atom stereocenters. The van der Waals surface area contributed by atoms with E-state index < -0.39 is 0 Å². The van der Waals surface area contributed by atoms with Crippen LogP contribution < -0.4 is 10.7 Å². The van der Waals surface area contributed by atoms with E-state index in [0.717, 1.165) is 18.0 Å². The third-order valence-corrected chi connectivity index (χ3v) is 3.23. The molecule has 1 aliphatic heterocycles. The molecule has 4 heteroatoms. The van der Waals surface area contributed by atoms with Crippen LogP contribution >= 0.6 is 12.2 Å². The summed E-state index contributed by atoms with van der Waals surface area (Å²) in [6, 6.07) is 10.5. The van der Waals surface area contributed by atoms with Crippen LogP contribution in [-0.4, -0.2) is 22.8 Å². The molecule has 2 N–H and O–H groups in total. The number of aryl methyl sites for hydroxylation is 1. The van der Waals surface area contributed by atoms with Crippen LogP contribution in [0, 0.1) is 0 Å². The minimum Gasteiger partial charge on any atom is -0.342 e. The van der Waals surface area contributed by atoms with Crippen molar-refractivity contribution in [1.82, 2.24) is 15.8 Å². The van der Waals surface area contributed by atoms with Crippen LogP contribution in [0.2, 0.25) is 0 Å². The van der Waals surface area contributed by atoms with E-state index in [1.807, 2.05) is 18.1 Å². The monoisotopic (exact) mass is 235 g/mol. The number of nitrogens with one attached hydrogen (secondary N) is 2. The second kappa shape index (κ2) is 4.39. The number of hydrogen-bond donors (Lipinski definition) is 2. The Balaban J connectivity index is 1.94. The summed E-state index contributed by atoms with van der Waals surface area (Å²) >= 11 is 5.17. The fourth-order valence-electron chi connectivity index (χ4n) is 1.93. The molecule has 0 aliphatic carbocycles. The molecule has 1 saturated heterocycles. The van der Waals surface area contributed by atoms with Crippen molar-refractivity contribution in [2.24, 2.45) is 0 Å². The van der Waals surface area contributed by atoms with E-state index in [-0.39, 0.29) is 5.66 Å². The van der Waals surface area contributed by atoms with Crippen LogP contribution in [0.4, 0.5) is 0 Å². The zero-order valence-electron chi connectivity index (χ0n) is 9.66. The highest BCUT2D eigenvalue weighted by molar-refractivity contribution is 7.80. The number of thiocarbonyl (C=S) groups is 1. The number of rotatable bonds is 3. The first-order valence-electron chi connectivity index (χ1n) is 5.47. The highest BCUT2D eigenvalue weighted by atomic mass is 32.1. The van der Waals surface area contributed by atoms with E-state index in [0.29, 0.717) is 0 Å². The highest BCUT2D eigenvalue weighted by Gasteiger charge is 2.33. The van der Waals surface area contributed by atoms with Crippen molar-refractivity contribution in [3.05, 3.63) is 35.9 Å². The van der Waals surface area contributed by atoms with E-state index in [1.54, 1.807) is 0 Å². The van der Waals surface area contributed by atoms with Crippen LogP contribution in [0.25, 0.3) is 0 Å². The van der Waals surface area contributed by atoms with Gasteiger partial charge in [0, 0.05) is 7.05 Å². The maximum Gasteiger partial charge on any atom is 0.184 e. The fourth-order valence-corrected chi connectivity index (χ4v) is 2.20. The Morgan fingerprint density at radius 1 is 1.31 bits per heavy atom. The lowest BCUT2D eigenvalue weighted by Gasteiger charge is -2.24. The number of hydrogen-bond acceptors (Lipinski definition) is 2. The van der Waals surface area contributed by atoms with Crippen molar-refractivity contribution in [3.8, 4) is 0 Å². The Morgan fingerprint density at radius 2 is 2.00 bits per heavy atom. The average molecular weight is 235 g/mol. The summed E-state index contributed by atoms with van der Waals surface area (Å²) in [7, 11) is 1.93. The predicted molar refractivity (Wildman–Crippen MR) is 69.8 cm³/mol. The fraction of sp³-hybridized carbons (Fsp3) is 0.417. The van der Waals surface area contributed by atoms with Crippen molar-refractivity contribution in [1.29, 1.82) is 0 Å². The molecule has 0 amide bonds. The van der Waals surface area contributed by atoms with Crippen LogP contribution in [0.15, 0.2) is 30.3 Å². The maximum absolute atomic E-state index is 5.17. The molecule has 1 aromatic rings. The van der Waals surface area contributed by atoms with Gasteiger partial charge < -0.3 is 5.32 Å². The van der Waals surface area contributed by atoms with Gasteiger partial charge >= 0.3 is 0 Å². The van der Waals surface area contributed by atoms with E-state index >= 15 is 0 Å². The summed E-state index contributed by atoms with van der Waals surface area (Å²) in [4.78, 5) is 0. The van der Waals surface area contributed by atoms with Crippen LogP contribution in [-0.2, 0) is 6.42 Å². The Kier molecular flexibility index (Phi) is 3.12. The SMILES string of the molecule is CN1N[C@](C)(CCc2ccccc2)NC1=S. The zero-order valence-corrected chi connectivity index (χ0v) is 10.5. The first-order chi connectivity index (χ1) is 7.59. The third-order valence-electron chi connectivity index (χ3n) is 2.86. The van der Waals surface area contributed by atoms with Crippen molar-refractivity contribution in [2.45, 2.75) is 25.4 Å². The summed E-state index contributed by atoms with van der Waals surface area (Å²) in [5.74, 6) is 0. The van der Waals surface area contributed by atoms with Crippen LogP contribution in [0.5, 0.6) is 0 Å². The van der Waals surface area contributed by atoms with Crippen LogP contribution in [0.3, 0.4) is 0 Å². The first-order valence-corrected chi connectivity index (χ1v) is 5.87. The molecular formula is C12H17N3S. The molecule has 1 aliphatic rings. The molecule has 16 heavy (non-hydrogen) atoms. The van der Waals surface area contributed by atoms with Gasteiger partial charge in [-0.15, -0.1) is 0 Å². The van der Waals surface area contributed by atoms with Gasteiger partial charge in [-0.1, -0.05) is 30.3 Å². The minimum absolute atomic E-state index is 0.123. The Labute approximate surface area is 102 Å². The molecule has 0 aromatic heterocycles. The summed E-state index contributed by atoms with van der Waals surface area (Å²) in [6.45, 7) is 2.13. The van der Waals surface area contributed by atoms with Gasteiger partial charge in [-0.25, -0.2) is 5.43 Å². The molecule has 0 spiro atoms. The Hall–Kier alpha value is -1.13. The molecule has 0 saturated carbocycles. The molecule has 0 bridgehead atoms. The molecule has 1 fully saturated rings. The molecule has 3 nitrogen and oxygen atoms in total. The van der Waals surface area contributed by atoms with Gasteiger partial charge in [0.25, 0.3) is 0 Å². The topological polar surface area (TPSA) is 27.3 Å². The molecule has 1 heterocycles. The Bertz CT molecular complexity index is 379. The van der Waals surface area contributed by atoms with Gasteiger partial charge in [-0.05, 0) is 37.5 Å². The molecule has 1 aromatic carbocycles. The smallest absolute Gasteiger partial charge is 0.184 e. The van der Waals surface area contributed by atoms with E-state index in [1.165, 1.54) is 5.56 Å². The molecule has 0 radical (unpaired) electrons. The summed E-state index contributed by atoms with van der Waals surface area (Å²) in [6.07, 6.45) is 2.04. The van der Waals surface area contributed by atoms with Gasteiger partial charge in [-0.2, -0.15) is 0 Å². The second-order valence-electron chi connectivity index (χ2n) is 4.42. The van der Waals surface area contributed by atoms with Crippen molar-refractivity contribution >= 4 is 17.3 Å². The maximum atomic E-state index is 5.17. The van der Waals surface area contributed by atoms with Crippen molar-refractivity contribution in [3.63, 3.8) is 0 Å². The first kappa shape index (κ1) is 11.4. The van der Waals surface area contributed by atoms with Crippen molar-refractivity contribution < 1.29 is 0 Å². The zero-order chi connectivity index (χ0) is 11.6. The van der Waals surface area contributed by atoms with Gasteiger partial charge in [0.05, 0.1) is 0 Å². The predicted octanol–water partition coefficient (Wildman–Crippen LogP) is 1.66. The quantitative estimate of drug-likeness (QED) is 0.779. The number of hydrazine groups is 1. The number of benzene rings is 1. The molecule has 0 unspecified atom stereocenters. The lowest BCUT2D eigenvalue weighted by atomic mass is 10.0.